The van der Waals surface area contributed by atoms with E-state index in [-0.39, 0.29) is 30.3 Å². The van der Waals surface area contributed by atoms with E-state index < -0.39 is 6.04 Å². The van der Waals surface area contributed by atoms with Crippen LogP contribution in [0.15, 0.2) is 48.5 Å². The summed E-state index contributed by atoms with van der Waals surface area (Å²) < 4.78 is 0. The van der Waals surface area contributed by atoms with Crippen LogP contribution in [-0.4, -0.2) is 41.8 Å². The van der Waals surface area contributed by atoms with Gasteiger partial charge in [-0.2, -0.15) is 0 Å². The number of hydrogen-bond donors (Lipinski definition) is 1. The van der Waals surface area contributed by atoms with E-state index in [1.165, 1.54) is 4.90 Å². The Labute approximate surface area is 170 Å². The molecule has 1 fully saturated rings. The second-order valence-electron chi connectivity index (χ2n) is 7.75. The first-order valence-electron chi connectivity index (χ1n) is 10.0. The highest BCUT2D eigenvalue weighted by Crippen LogP contribution is 2.34. The summed E-state index contributed by atoms with van der Waals surface area (Å²) in [6.07, 6.45) is 1.44. The van der Waals surface area contributed by atoms with Gasteiger partial charge in [0.05, 0.1) is 17.3 Å². The fourth-order valence-electron chi connectivity index (χ4n) is 4.31. The molecule has 0 spiro atoms. The van der Waals surface area contributed by atoms with E-state index in [2.05, 4.69) is 5.32 Å². The molecule has 150 valence electrons. The van der Waals surface area contributed by atoms with Crippen molar-refractivity contribution in [3.63, 3.8) is 0 Å². The summed E-state index contributed by atoms with van der Waals surface area (Å²) in [5.41, 5.74) is 2.86. The number of para-hydroxylation sites is 1. The average molecular weight is 391 g/mol. The molecule has 2 heterocycles. The van der Waals surface area contributed by atoms with Gasteiger partial charge in [-0.3, -0.25) is 14.4 Å². The smallest absolute Gasteiger partial charge is 0.256 e. The Morgan fingerprint density at radius 3 is 2.66 bits per heavy atom. The molecule has 2 aliphatic heterocycles. The molecule has 6 heteroatoms. The Morgan fingerprint density at radius 2 is 1.90 bits per heavy atom. The maximum Gasteiger partial charge on any atom is 0.256 e. The summed E-state index contributed by atoms with van der Waals surface area (Å²) in [4.78, 5) is 42.4. The van der Waals surface area contributed by atoms with Crippen molar-refractivity contribution in [2.45, 2.75) is 38.8 Å². The maximum atomic E-state index is 13.3. The summed E-state index contributed by atoms with van der Waals surface area (Å²) in [5.74, 6) is -0.547. The molecule has 2 atom stereocenters. The minimum atomic E-state index is -0.492. The zero-order valence-corrected chi connectivity index (χ0v) is 16.7. The number of rotatable bonds is 4. The Bertz CT molecular complexity index is 957. The predicted molar refractivity (Wildman–Crippen MR) is 111 cm³/mol. The number of amides is 3. The van der Waals surface area contributed by atoms with Crippen LogP contribution < -0.4 is 10.2 Å². The van der Waals surface area contributed by atoms with Crippen molar-refractivity contribution in [1.82, 2.24) is 10.2 Å². The number of carbonyl (C=O) groups excluding carboxylic acids is 3. The molecular formula is C23H25N3O3. The SMILES string of the molecule is Cc1cccc2c1N(CC(=O)N[C@H](C)c1ccccc1)C(=O)[C@@H]1CCCN1C2=O. The van der Waals surface area contributed by atoms with E-state index in [1.807, 2.05) is 56.3 Å². The third kappa shape index (κ3) is 3.50. The van der Waals surface area contributed by atoms with Crippen molar-refractivity contribution >= 4 is 23.4 Å². The van der Waals surface area contributed by atoms with Gasteiger partial charge >= 0.3 is 0 Å². The molecule has 0 saturated carbocycles. The molecule has 0 radical (unpaired) electrons. The third-order valence-electron chi connectivity index (χ3n) is 5.78. The zero-order chi connectivity index (χ0) is 20.5. The molecule has 1 N–H and O–H groups in total. The summed E-state index contributed by atoms with van der Waals surface area (Å²) in [6.45, 7) is 4.26. The van der Waals surface area contributed by atoms with Gasteiger partial charge in [0.25, 0.3) is 5.91 Å². The molecule has 6 nitrogen and oxygen atoms in total. The molecule has 0 unspecified atom stereocenters. The van der Waals surface area contributed by atoms with Crippen LogP contribution in [-0.2, 0) is 9.59 Å². The van der Waals surface area contributed by atoms with Crippen molar-refractivity contribution in [2.75, 3.05) is 18.0 Å². The van der Waals surface area contributed by atoms with Gasteiger partial charge in [0.2, 0.25) is 11.8 Å². The summed E-state index contributed by atoms with van der Waals surface area (Å²) in [7, 11) is 0. The Morgan fingerprint density at radius 1 is 1.14 bits per heavy atom. The van der Waals surface area contributed by atoms with E-state index in [0.717, 1.165) is 17.5 Å². The average Bonchev–Trinajstić information content (AvgIpc) is 3.19. The fraction of sp³-hybridized carbons (Fsp3) is 0.348. The largest absolute Gasteiger partial charge is 0.348 e. The number of anilines is 1. The molecular weight excluding hydrogens is 366 g/mol. The molecule has 0 bridgehead atoms. The second-order valence-corrected chi connectivity index (χ2v) is 7.75. The van der Waals surface area contributed by atoms with Gasteiger partial charge in [0.15, 0.2) is 0 Å². The number of nitrogens with zero attached hydrogens (tertiary/aromatic N) is 2. The topological polar surface area (TPSA) is 69.7 Å². The monoisotopic (exact) mass is 391 g/mol. The van der Waals surface area contributed by atoms with E-state index in [9.17, 15) is 14.4 Å². The quantitative estimate of drug-likeness (QED) is 0.871. The van der Waals surface area contributed by atoms with Crippen molar-refractivity contribution in [3.05, 3.63) is 65.2 Å². The zero-order valence-electron chi connectivity index (χ0n) is 16.7. The van der Waals surface area contributed by atoms with E-state index in [4.69, 9.17) is 0 Å². The van der Waals surface area contributed by atoms with Gasteiger partial charge < -0.3 is 15.1 Å². The lowest BCUT2D eigenvalue weighted by atomic mass is 10.1. The minimum absolute atomic E-state index is 0.106. The third-order valence-corrected chi connectivity index (χ3v) is 5.78. The van der Waals surface area contributed by atoms with Crippen LogP contribution in [0.4, 0.5) is 5.69 Å². The lowest BCUT2D eigenvalue weighted by molar-refractivity contribution is -0.126. The van der Waals surface area contributed by atoms with Crippen molar-refractivity contribution in [3.8, 4) is 0 Å². The van der Waals surface area contributed by atoms with Crippen LogP contribution in [0.3, 0.4) is 0 Å². The van der Waals surface area contributed by atoms with Crippen LogP contribution >= 0.6 is 0 Å². The maximum absolute atomic E-state index is 13.3. The van der Waals surface area contributed by atoms with Crippen LogP contribution in [0.25, 0.3) is 0 Å². The van der Waals surface area contributed by atoms with Gasteiger partial charge in [0, 0.05) is 6.54 Å². The van der Waals surface area contributed by atoms with Gasteiger partial charge in [0.1, 0.15) is 12.6 Å². The van der Waals surface area contributed by atoms with Gasteiger partial charge in [-0.1, -0.05) is 42.5 Å². The Hall–Kier alpha value is -3.15. The molecule has 2 aromatic carbocycles. The van der Waals surface area contributed by atoms with Gasteiger partial charge in [-0.25, -0.2) is 0 Å². The highest BCUT2D eigenvalue weighted by Gasteiger charge is 2.42. The normalized spacial score (nSPS) is 19.4. The summed E-state index contributed by atoms with van der Waals surface area (Å²) in [5, 5.41) is 2.97. The lowest BCUT2D eigenvalue weighted by Crippen LogP contribution is -2.48. The van der Waals surface area contributed by atoms with Crippen LogP contribution in [0, 0.1) is 6.92 Å². The summed E-state index contributed by atoms with van der Waals surface area (Å²) >= 11 is 0. The first-order chi connectivity index (χ1) is 14.0. The van der Waals surface area contributed by atoms with Crippen LogP contribution in [0.5, 0.6) is 0 Å². The van der Waals surface area contributed by atoms with Gasteiger partial charge in [-0.15, -0.1) is 0 Å². The molecule has 2 aliphatic rings. The highest BCUT2D eigenvalue weighted by molar-refractivity contribution is 6.13. The standard InChI is InChI=1S/C23H25N3O3/c1-15-8-6-11-18-21(15)26(23(29)19-12-7-13-25(19)22(18)28)14-20(27)24-16(2)17-9-4-3-5-10-17/h3-6,8-11,16,19H,7,12-14H2,1-2H3,(H,24,27)/t16-,19+/m1/s1. The first-order valence-corrected chi connectivity index (χ1v) is 10.0. The Kier molecular flexibility index (Phi) is 5.09. The second kappa shape index (κ2) is 7.70. The predicted octanol–water partition coefficient (Wildman–Crippen LogP) is 2.82. The number of benzene rings is 2. The number of hydrogen-bond acceptors (Lipinski definition) is 3. The molecule has 3 amide bonds. The molecule has 0 aromatic heterocycles. The molecule has 4 rings (SSSR count). The molecule has 0 aliphatic carbocycles. The molecule has 1 saturated heterocycles. The fourth-order valence-corrected chi connectivity index (χ4v) is 4.31. The molecule has 29 heavy (non-hydrogen) atoms. The van der Waals surface area contributed by atoms with Crippen molar-refractivity contribution in [2.24, 2.45) is 0 Å². The van der Waals surface area contributed by atoms with E-state index in [0.29, 0.717) is 24.2 Å². The number of carbonyl (C=O) groups is 3. The van der Waals surface area contributed by atoms with Crippen molar-refractivity contribution < 1.29 is 14.4 Å². The minimum Gasteiger partial charge on any atom is -0.348 e. The first kappa shape index (κ1) is 19.2. The van der Waals surface area contributed by atoms with Crippen molar-refractivity contribution in [1.29, 1.82) is 0 Å². The lowest BCUT2D eigenvalue weighted by Gasteiger charge is -2.27. The van der Waals surface area contributed by atoms with E-state index in [1.54, 1.807) is 11.0 Å². The Balaban J connectivity index is 1.63. The number of nitrogens with one attached hydrogen (secondary N) is 1. The van der Waals surface area contributed by atoms with Crippen LogP contribution in [0.1, 0.15) is 47.3 Å². The number of aryl methyl sites for hydroxylation is 1. The van der Waals surface area contributed by atoms with Crippen LogP contribution in [0.2, 0.25) is 0 Å². The number of fused-ring (bicyclic) bond motifs is 2. The van der Waals surface area contributed by atoms with E-state index >= 15 is 0 Å². The van der Waals surface area contributed by atoms with Gasteiger partial charge in [-0.05, 0) is 43.9 Å². The molecule has 2 aromatic rings. The highest BCUT2D eigenvalue weighted by atomic mass is 16.2. The summed E-state index contributed by atoms with van der Waals surface area (Å²) in [6, 6.07) is 14.5.